The van der Waals surface area contributed by atoms with Crippen LogP contribution in [0.15, 0.2) is 47.5 Å². The number of urea groups is 1. The maximum Gasteiger partial charge on any atom is 0.421 e. The number of carbonyl (C=O) groups is 3. The normalized spacial score (nSPS) is 14.1. The number of piperazine rings is 1. The molecule has 2 aromatic heterocycles. The zero-order valence-corrected chi connectivity index (χ0v) is 25.6. The van der Waals surface area contributed by atoms with Crippen LogP contribution in [0.4, 0.5) is 33.2 Å². The highest BCUT2D eigenvalue weighted by molar-refractivity contribution is 6.08. The summed E-state index contributed by atoms with van der Waals surface area (Å²) in [5.41, 5.74) is 3.23. The summed E-state index contributed by atoms with van der Waals surface area (Å²) in [5, 5.41) is 10.8. The van der Waals surface area contributed by atoms with Gasteiger partial charge in [-0.1, -0.05) is 0 Å². The van der Waals surface area contributed by atoms with Crippen molar-refractivity contribution in [3.8, 4) is 5.88 Å². The fourth-order valence-electron chi connectivity index (χ4n) is 5.20. The molecule has 1 aromatic carbocycles. The van der Waals surface area contributed by atoms with E-state index in [1.807, 2.05) is 24.0 Å². The van der Waals surface area contributed by atoms with Gasteiger partial charge in [-0.2, -0.15) is 0 Å². The van der Waals surface area contributed by atoms with Crippen molar-refractivity contribution in [3.63, 3.8) is 0 Å². The zero-order valence-electron chi connectivity index (χ0n) is 25.6. The molecule has 0 unspecified atom stereocenters. The molecule has 4 heterocycles. The summed E-state index contributed by atoms with van der Waals surface area (Å²) in [6.07, 6.45) is 3.16. The van der Waals surface area contributed by atoms with E-state index >= 15 is 0 Å². The second-order valence-electron chi connectivity index (χ2n) is 10.9. The molecular weight excluding hydrogens is 566 g/mol. The maximum atomic E-state index is 13.5. The van der Waals surface area contributed by atoms with E-state index in [0.29, 0.717) is 68.0 Å². The summed E-state index contributed by atoms with van der Waals surface area (Å²) < 4.78 is 7.46. The van der Waals surface area contributed by atoms with E-state index < -0.39 is 11.5 Å². The Labute approximate surface area is 255 Å². The monoisotopic (exact) mass is 604 g/mol. The number of nitrogens with one attached hydrogen (secondary N) is 4. The van der Waals surface area contributed by atoms with Gasteiger partial charge in [0, 0.05) is 76.9 Å². The number of pyridine rings is 2. The van der Waals surface area contributed by atoms with Crippen molar-refractivity contribution in [1.29, 1.82) is 0 Å². The fraction of sp³-hybridized carbons (Fsp3) is 0.367. The van der Waals surface area contributed by atoms with Crippen LogP contribution < -0.4 is 40.8 Å². The lowest BCUT2D eigenvalue weighted by molar-refractivity contribution is -0.684. The van der Waals surface area contributed by atoms with E-state index in [1.165, 1.54) is 18.1 Å². The predicted octanol–water partition coefficient (Wildman–Crippen LogP) is 1.69. The number of anilines is 5. The number of rotatable bonds is 6. The number of hydrogen-bond acceptors (Lipinski definition) is 8. The molecule has 0 saturated carbocycles. The first-order valence-corrected chi connectivity index (χ1v) is 14.4. The largest absolute Gasteiger partial charge is 0.439 e. The molecule has 4 N–H and O–H groups in total. The van der Waals surface area contributed by atoms with Crippen molar-refractivity contribution in [1.82, 2.24) is 14.8 Å². The number of nitrogens with zero attached hydrogens (tertiary/aromatic N) is 5. The van der Waals surface area contributed by atoms with Crippen molar-refractivity contribution in [2.75, 3.05) is 86.3 Å². The lowest BCUT2D eigenvalue weighted by atomic mass is 10.1. The Bertz CT molecular complexity index is 1630. The van der Waals surface area contributed by atoms with Crippen LogP contribution in [0.5, 0.6) is 5.88 Å². The third kappa shape index (κ3) is 6.09. The van der Waals surface area contributed by atoms with Crippen molar-refractivity contribution in [2.45, 2.75) is 13.8 Å². The molecule has 14 nitrogen and oxygen atoms in total. The Morgan fingerprint density at radius 3 is 2.36 bits per heavy atom. The highest BCUT2D eigenvalue weighted by atomic mass is 16.5. The molecule has 5 rings (SSSR count). The van der Waals surface area contributed by atoms with Gasteiger partial charge in [0.05, 0.1) is 12.7 Å². The quantitative estimate of drug-likeness (QED) is 0.311. The van der Waals surface area contributed by atoms with Gasteiger partial charge < -0.3 is 40.4 Å². The lowest BCUT2D eigenvalue weighted by Gasteiger charge is -2.37. The molecule has 4 amide bonds. The molecule has 1 fully saturated rings. The van der Waals surface area contributed by atoms with Gasteiger partial charge in [0.15, 0.2) is 5.69 Å². The maximum absolute atomic E-state index is 13.5. The van der Waals surface area contributed by atoms with Crippen molar-refractivity contribution >= 4 is 46.3 Å². The molecule has 2 aliphatic heterocycles. The Hall–Kier alpha value is -5.27. The van der Waals surface area contributed by atoms with E-state index in [1.54, 1.807) is 55.1 Å². The van der Waals surface area contributed by atoms with E-state index in [2.05, 4.69) is 25.8 Å². The van der Waals surface area contributed by atoms with E-state index in [-0.39, 0.29) is 17.5 Å². The van der Waals surface area contributed by atoms with Crippen LogP contribution in [-0.4, -0.2) is 93.1 Å². The van der Waals surface area contributed by atoms with Crippen molar-refractivity contribution in [2.24, 2.45) is 0 Å². The summed E-state index contributed by atoms with van der Waals surface area (Å²) in [6, 6.07) is 9.00. The van der Waals surface area contributed by atoms with E-state index in [0.717, 1.165) is 11.3 Å². The van der Waals surface area contributed by atoms with Gasteiger partial charge in [0.25, 0.3) is 17.4 Å². The van der Waals surface area contributed by atoms with Crippen LogP contribution in [0.1, 0.15) is 22.8 Å². The molecule has 0 bridgehead atoms. The molecule has 2 aliphatic rings. The molecule has 0 aliphatic carbocycles. The number of amides is 4. The second-order valence-corrected chi connectivity index (χ2v) is 10.9. The van der Waals surface area contributed by atoms with Gasteiger partial charge in [0.1, 0.15) is 17.9 Å². The number of aromatic amines is 1. The number of aromatic nitrogens is 2. The molecule has 0 spiro atoms. The Balaban J connectivity index is 1.34. The number of benzene rings is 1. The Kier molecular flexibility index (Phi) is 8.60. The number of hydrogen-bond donors (Lipinski definition) is 4. The van der Waals surface area contributed by atoms with Gasteiger partial charge in [0.2, 0.25) is 6.20 Å². The smallest absolute Gasteiger partial charge is 0.421 e. The highest BCUT2D eigenvalue weighted by Crippen LogP contribution is 2.33. The zero-order chi connectivity index (χ0) is 31.5. The Morgan fingerprint density at radius 2 is 1.70 bits per heavy atom. The van der Waals surface area contributed by atoms with Gasteiger partial charge in [-0.25, -0.2) is 4.79 Å². The third-order valence-corrected chi connectivity index (χ3v) is 7.75. The number of fused-ring (bicyclic) bond motifs is 1. The second kappa shape index (κ2) is 12.5. The minimum atomic E-state index is -0.580. The van der Waals surface area contributed by atoms with E-state index in [4.69, 9.17) is 4.74 Å². The summed E-state index contributed by atoms with van der Waals surface area (Å²) in [7, 11) is 5.12. The van der Waals surface area contributed by atoms with Gasteiger partial charge in [-0.15, -0.1) is 5.01 Å². The molecule has 14 heteroatoms. The number of H-pyrrole nitrogens is 1. The third-order valence-electron chi connectivity index (χ3n) is 7.75. The van der Waals surface area contributed by atoms with Crippen molar-refractivity contribution in [3.05, 3.63) is 64.2 Å². The minimum absolute atomic E-state index is 0.00234. The van der Waals surface area contributed by atoms with Crippen LogP contribution in [0.25, 0.3) is 0 Å². The topological polar surface area (TPSA) is 146 Å². The van der Waals surface area contributed by atoms with E-state index in [9.17, 15) is 19.2 Å². The molecule has 0 atom stereocenters. The Morgan fingerprint density at radius 1 is 1.00 bits per heavy atom. The summed E-state index contributed by atoms with van der Waals surface area (Å²) in [4.78, 5) is 59.0. The molecule has 1 saturated heterocycles. The van der Waals surface area contributed by atoms with Gasteiger partial charge in [-0.3, -0.25) is 14.4 Å². The van der Waals surface area contributed by atoms with Crippen molar-refractivity contribution < 1.29 is 23.8 Å². The predicted molar refractivity (Wildman–Crippen MR) is 168 cm³/mol. The van der Waals surface area contributed by atoms with Gasteiger partial charge in [-0.05, 0) is 41.9 Å². The molecule has 3 aromatic rings. The average Bonchev–Trinajstić information content (AvgIpc) is 3.02. The molecule has 44 heavy (non-hydrogen) atoms. The summed E-state index contributed by atoms with van der Waals surface area (Å²) >= 11 is 0. The average molecular weight is 605 g/mol. The summed E-state index contributed by atoms with van der Waals surface area (Å²) in [5.74, 6) is -0.290. The fourth-order valence-corrected chi connectivity index (χ4v) is 5.20. The molecular formula is C30H38N9O5+. The van der Waals surface area contributed by atoms with Crippen LogP contribution in [0.3, 0.4) is 0 Å². The molecule has 0 radical (unpaired) electrons. The van der Waals surface area contributed by atoms with Crippen LogP contribution in [0, 0.1) is 6.92 Å². The standard InChI is InChI=1S/C30H37N9O5/c1-19-24(18-39(36(5)20(2)40)29-26(19)31-12-17-44-29)34-23-10-11-32-27(41)25(23)28(42)33-21-6-8-22(9-7-21)37-13-15-38(16-14-37)30(43)35(3)4/h6-11,18,31H,12-17H2,1-5H3,(H2-,32,33,34,41,42)/p+1. The number of ether oxygens (including phenoxy) is 1. The number of carbonyl (C=O) groups excluding carboxylic acids is 3. The first-order valence-electron chi connectivity index (χ1n) is 14.4. The van der Waals surface area contributed by atoms with Crippen LogP contribution >= 0.6 is 0 Å². The molecule has 232 valence electrons. The minimum Gasteiger partial charge on any atom is -0.439 e. The van der Waals surface area contributed by atoms with Gasteiger partial charge >= 0.3 is 11.9 Å². The lowest BCUT2D eigenvalue weighted by Crippen LogP contribution is -2.59. The highest BCUT2D eigenvalue weighted by Gasteiger charge is 2.32. The first kappa shape index (κ1) is 30.2. The first-order chi connectivity index (χ1) is 21.0. The SMILES string of the molecule is CC(=O)N(C)[n+]1cc(Nc2cc[nH]c(=O)c2C(=O)Nc2ccc(N3CCN(C(=O)N(C)C)CC3)cc2)c(C)c2c1OCCN2. The summed E-state index contributed by atoms with van der Waals surface area (Å²) in [6.45, 7) is 7.01. The van der Waals surface area contributed by atoms with Crippen LogP contribution in [0.2, 0.25) is 0 Å². The van der Waals surface area contributed by atoms with Crippen LogP contribution in [-0.2, 0) is 4.79 Å².